The highest BCUT2D eigenvalue weighted by molar-refractivity contribution is 6.36. The lowest BCUT2D eigenvalue weighted by Gasteiger charge is -2.12. The summed E-state index contributed by atoms with van der Waals surface area (Å²) in [4.78, 5) is 24.8. The van der Waals surface area contributed by atoms with Gasteiger partial charge in [0.2, 0.25) is 0 Å². The number of nitrogens with zero attached hydrogens (tertiary/aromatic N) is 1. The second-order valence-corrected chi connectivity index (χ2v) is 8.97. The van der Waals surface area contributed by atoms with E-state index in [1.165, 1.54) is 18.3 Å². The Morgan fingerprint density at radius 1 is 0.846 bits per heavy atom. The zero-order chi connectivity index (χ0) is 27.6. The molecule has 0 bridgehead atoms. The van der Waals surface area contributed by atoms with Crippen LogP contribution in [0.25, 0.3) is 11.1 Å². The maximum Gasteiger partial charge on any atom is 0.345 e. The Morgan fingerprint density at radius 3 is 2.31 bits per heavy atom. The Hall–Kier alpha value is -4.33. The number of ether oxygens (including phenoxy) is 3. The molecule has 4 rings (SSSR count). The van der Waals surface area contributed by atoms with E-state index < -0.39 is 11.9 Å². The van der Waals surface area contributed by atoms with Crippen LogP contribution in [0.4, 0.5) is 0 Å². The van der Waals surface area contributed by atoms with Crippen molar-refractivity contribution in [3.05, 3.63) is 112 Å². The van der Waals surface area contributed by atoms with Crippen LogP contribution in [-0.2, 0) is 4.79 Å². The van der Waals surface area contributed by atoms with Crippen molar-refractivity contribution >= 4 is 41.3 Å². The predicted octanol–water partition coefficient (Wildman–Crippen LogP) is 6.81. The van der Waals surface area contributed by atoms with Gasteiger partial charge in [-0.3, -0.25) is 4.79 Å². The van der Waals surface area contributed by atoms with Crippen molar-refractivity contribution in [2.75, 3.05) is 13.2 Å². The monoisotopic (exact) mass is 562 g/mol. The number of esters is 1. The van der Waals surface area contributed by atoms with Crippen LogP contribution in [0.3, 0.4) is 0 Å². The molecule has 0 fully saturated rings. The van der Waals surface area contributed by atoms with Gasteiger partial charge in [0.05, 0.1) is 23.4 Å². The molecule has 1 amide bonds. The molecule has 0 aliphatic heterocycles. The summed E-state index contributed by atoms with van der Waals surface area (Å²) in [6.45, 7) is 1.94. The first-order chi connectivity index (χ1) is 18.9. The summed E-state index contributed by atoms with van der Waals surface area (Å²) in [7, 11) is 0. The minimum absolute atomic E-state index is 0.172. The van der Waals surface area contributed by atoms with Crippen molar-refractivity contribution < 1.29 is 23.8 Å². The lowest BCUT2D eigenvalue weighted by atomic mass is 10.1. The van der Waals surface area contributed by atoms with Crippen molar-refractivity contribution in [1.82, 2.24) is 5.43 Å². The highest BCUT2D eigenvalue weighted by Crippen LogP contribution is 2.30. The summed E-state index contributed by atoms with van der Waals surface area (Å²) in [5.74, 6) is 0.0317. The number of halogens is 2. The topological polar surface area (TPSA) is 86.2 Å². The number of benzene rings is 4. The molecule has 7 nitrogen and oxygen atoms in total. The Labute approximate surface area is 235 Å². The van der Waals surface area contributed by atoms with Crippen LogP contribution in [0.1, 0.15) is 22.8 Å². The van der Waals surface area contributed by atoms with Gasteiger partial charge in [0.1, 0.15) is 5.75 Å². The van der Waals surface area contributed by atoms with Crippen LogP contribution in [0.15, 0.2) is 96.1 Å². The van der Waals surface area contributed by atoms with Gasteiger partial charge in [0.25, 0.3) is 5.91 Å². The van der Waals surface area contributed by atoms with Crippen LogP contribution in [0.5, 0.6) is 17.2 Å². The van der Waals surface area contributed by atoms with E-state index in [1.807, 2.05) is 54.6 Å². The molecule has 0 aromatic heterocycles. The fourth-order valence-corrected chi connectivity index (χ4v) is 3.99. The minimum atomic E-state index is -0.652. The van der Waals surface area contributed by atoms with Crippen molar-refractivity contribution in [3.8, 4) is 28.4 Å². The summed E-state index contributed by atoms with van der Waals surface area (Å²) in [5.41, 5.74) is 5.36. The first kappa shape index (κ1) is 27.7. The lowest BCUT2D eigenvalue weighted by Crippen LogP contribution is -2.24. The van der Waals surface area contributed by atoms with Crippen molar-refractivity contribution in [2.45, 2.75) is 6.92 Å². The predicted molar refractivity (Wildman–Crippen MR) is 152 cm³/mol. The number of hydrogen-bond acceptors (Lipinski definition) is 6. The number of hydrogen-bond donors (Lipinski definition) is 1. The summed E-state index contributed by atoms with van der Waals surface area (Å²) in [6.07, 6.45) is 1.44. The zero-order valence-corrected chi connectivity index (χ0v) is 22.4. The van der Waals surface area contributed by atoms with Crippen molar-refractivity contribution in [1.29, 1.82) is 0 Å². The Kier molecular flexibility index (Phi) is 9.56. The third kappa shape index (κ3) is 7.83. The molecule has 0 unspecified atom stereocenters. The van der Waals surface area contributed by atoms with Crippen LogP contribution >= 0.6 is 23.2 Å². The van der Waals surface area contributed by atoms with Gasteiger partial charge in [-0.2, -0.15) is 5.10 Å². The highest BCUT2D eigenvalue weighted by Gasteiger charge is 2.16. The van der Waals surface area contributed by atoms with Crippen LogP contribution in [-0.4, -0.2) is 31.3 Å². The van der Waals surface area contributed by atoms with Crippen LogP contribution in [0.2, 0.25) is 10.0 Å². The number of carbonyl (C=O) groups is 2. The van der Waals surface area contributed by atoms with Gasteiger partial charge in [-0.1, -0.05) is 65.7 Å². The number of hydrazone groups is 1. The van der Waals surface area contributed by atoms with Gasteiger partial charge in [0.15, 0.2) is 18.1 Å². The smallest absolute Gasteiger partial charge is 0.345 e. The molecule has 4 aromatic carbocycles. The van der Waals surface area contributed by atoms with E-state index in [9.17, 15) is 9.59 Å². The van der Waals surface area contributed by atoms with E-state index in [2.05, 4.69) is 10.5 Å². The van der Waals surface area contributed by atoms with Gasteiger partial charge in [-0.25, -0.2) is 10.2 Å². The normalized spacial score (nSPS) is 10.7. The SMILES string of the molecule is CCOc1cc(/C=N\NC(=O)COc2ccc(-c3ccccc3)cc2)ccc1OC(=O)c1ccc(Cl)cc1Cl. The molecule has 0 atom stereocenters. The second-order valence-electron chi connectivity index (χ2n) is 8.13. The van der Waals surface area contributed by atoms with Crippen molar-refractivity contribution in [2.24, 2.45) is 5.10 Å². The molecule has 9 heteroatoms. The molecule has 0 saturated heterocycles. The molecule has 0 heterocycles. The van der Waals surface area contributed by atoms with E-state index >= 15 is 0 Å². The molecule has 198 valence electrons. The largest absolute Gasteiger partial charge is 0.490 e. The summed E-state index contributed by atoms with van der Waals surface area (Å²) >= 11 is 12.0. The zero-order valence-electron chi connectivity index (χ0n) is 20.9. The van der Waals surface area contributed by atoms with Gasteiger partial charge >= 0.3 is 5.97 Å². The van der Waals surface area contributed by atoms with E-state index in [0.29, 0.717) is 28.7 Å². The number of carbonyl (C=O) groups excluding carboxylic acids is 2. The molecule has 39 heavy (non-hydrogen) atoms. The third-order valence-corrected chi connectivity index (χ3v) is 5.90. The molecule has 4 aromatic rings. The van der Waals surface area contributed by atoms with Gasteiger partial charge < -0.3 is 14.2 Å². The van der Waals surface area contributed by atoms with E-state index in [1.54, 1.807) is 31.2 Å². The first-order valence-corrected chi connectivity index (χ1v) is 12.7. The van der Waals surface area contributed by atoms with E-state index in [4.69, 9.17) is 37.4 Å². The molecule has 0 aliphatic carbocycles. The molecular weight excluding hydrogens is 539 g/mol. The summed E-state index contributed by atoms with van der Waals surface area (Å²) < 4.78 is 16.6. The van der Waals surface area contributed by atoms with E-state index in [-0.39, 0.29) is 22.9 Å². The number of rotatable bonds is 10. The Balaban J connectivity index is 1.32. The standard InChI is InChI=1S/C30H24Cl2N2O5/c1-2-37-28-16-20(8-15-27(28)39-30(36)25-14-11-23(31)17-26(25)32)18-33-34-29(35)19-38-24-12-9-22(10-13-24)21-6-4-3-5-7-21/h3-18H,2,19H2,1H3,(H,34,35)/b33-18-. The van der Waals surface area contributed by atoms with E-state index in [0.717, 1.165) is 11.1 Å². The fraction of sp³-hybridized carbons (Fsp3) is 0.100. The quantitative estimate of drug-likeness (QED) is 0.0992. The summed E-state index contributed by atoms with van der Waals surface area (Å²) in [6, 6.07) is 26.8. The maximum absolute atomic E-state index is 12.6. The maximum atomic E-state index is 12.6. The van der Waals surface area contributed by atoms with Crippen molar-refractivity contribution in [3.63, 3.8) is 0 Å². The fourth-order valence-electron chi connectivity index (χ4n) is 3.50. The molecule has 0 aliphatic rings. The average Bonchev–Trinajstić information content (AvgIpc) is 2.94. The number of amides is 1. The van der Waals surface area contributed by atoms with Crippen LogP contribution < -0.4 is 19.6 Å². The Morgan fingerprint density at radius 2 is 1.59 bits per heavy atom. The first-order valence-electron chi connectivity index (χ1n) is 12.0. The number of nitrogens with one attached hydrogen (secondary N) is 1. The molecule has 0 saturated carbocycles. The molecule has 0 radical (unpaired) electrons. The molecule has 0 spiro atoms. The van der Waals surface area contributed by atoms with Crippen LogP contribution in [0, 0.1) is 0 Å². The third-order valence-electron chi connectivity index (χ3n) is 5.36. The molecule has 1 N–H and O–H groups in total. The minimum Gasteiger partial charge on any atom is -0.490 e. The molecular formula is C30H24Cl2N2O5. The van der Waals surface area contributed by atoms with Gasteiger partial charge in [-0.15, -0.1) is 0 Å². The lowest BCUT2D eigenvalue weighted by molar-refractivity contribution is -0.123. The average molecular weight is 563 g/mol. The van der Waals surface area contributed by atoms with Gasteiger partial charge in [-0.05, 0) is 72.1 Å². The van der Waals surface area contributed by atoms with Gasteiger partial charge in [0, 0.05) is 5.02 Å². The highest BCUT2D eigenvalue weighted by atomic mass is 35.5. The summed E-state index contributed by atoms with van der Waals surface area (Å²) in [5, 5.41) is 4.56. The Bertz CT molecular complexity index is 1470. The second kappa shape index (κ2) is 13.5.